The molecule has 1 aliphatic carbocycles. The summed E-state index contributed by atoms with van der Waals surface area (Å²) in [5.74, 6) is 0. The van der Waals surface area contributed by atoms with Crippen molar-refractivity contribution in [1.82, 2.24) is 0 Å². The molecule has 1 aliphatic rings. The van der Waals surface area contributed by atoms with Gasteiger partial charge in [0.25, 0.3) is 0 Å². The molecule has 0 aliphatic heterocycles. The van der Waals surface area contributed by atoms with Gasteiger partial charge >= 0.3 is 0 Å². The lowest BCUT2D eigenvalue weighted by molar-refractivity contribution is 0.592. The van der Waals surface area contributed by atoms with Gasteiger partial charge in [0.2, 0.25) is 0 Å². The summed E-state index contributed by atoms with van der Waals surface area (Å²) >= 11 is 0. The molecule has 0 heterocycles. The first kappa shape index (κ1) is 20.7. The Hall–Kier alpha value is -4.94. The van der Waals surface area contributed by atoms with Crippen molar-refractivity contribution in [3.8, 4) is 11.1 Å². The number of hydrogen-bond donors (Lipinski definition) is 12. The van der Waals surface area contributed by atoms with Gasteiger partial charge in [0.1, 0.15) is 5.66 Å². The van der Waals surface area contributed by atoms with Crippen molar-refractivity contribution in [3.05, 3.63) is 23.3 Å². The van der Waals surface area contributed by atoms with Gasteiger partial charge < -0.3 is 68.8 Å². The Morgan fingerprint density at radius 1 is 0.400 bits per heavy atom. The van der Waals surface area contributed by atoms with Crippen molar-refractivity contribution >= 4 is 89.2 Å². The second-order valence-electron chi connectivity index (χ2n) is 9.21. The van der Waals surface area contributed by atoms with E-state index in [4.69, 9.17) is 68.8 Å². The molecule has 35 heavy (non-hydrogen) atoms. The summed E-state index contributed by atoms with van der Waals surface area (Å²) in [7, 11) is 0. The fourth-order valence-corrected chi connectivity index (χ4v) is 5.78. The van der Waals surface area contributed by atoms with E-state index in [1.807, 2.05) is 0 Å². The lowest BCUT2D eigenvalue weighted by Gasteiger charge is -2.27. The van der Waals surface area contributed by atoms with Crippen LogP contribution in [0.1, 0.15) is 11.1 Å². The summed E-state index contributed by atoms with van der Waals surface area (Å²) in [4.78, 5) is 0. The van der Waals surface area contributed by atoms with Crippen LogP contribution < -0.4 is 68.8 Å². The zero-order chi connectivity index (χ0) is 25.5. The summed E-state index contributed by atoms with van der Waals surface area (Å²) in [6.45, 7) is 0. The van der Waals surface area contributed by atoms with Gasteiger partial charge in [-0.1, -0.05) is 0 Å². The highest BCUT2D eigenvalue weighted by molar-refractivity contribution is 6.39. The molecule has 0 saturated carbocycles. The van der Waals surface area contributed by atoms with E-state index in [1.165, 1.54) is 0 Å². The Kier molecular flexibility index (Phi) is 3.40. The summed E-state index contributed by atoms with van der Waals surface area (Å²) < 4.78 is 0. The Morgan fingerprint density at radius 2 is 0.857 bits per heavy atom. The Labute approximate surface area is 198 Å². The van der Waals surface area contributed by atoms with E-state index in [1.54, 1.807) is 12.1 Å². The molecule has 24 N–H and O–H groups in total. The van der Waals surface area contributed by atoms with E-state index in [-0.39, 0.29) is 56.9 Å². The summed E-state index contributed by atoms with van der Waals surface area (Å²) in [6, 6.07) is 3.40. The quantitative estimate of drug-likeness (QED) is 0.0835. The van der Waals surface area contributed by atoms with E-state index in [0.717, 1.165) is 0 Å². The molecule has 12 heteroatoms. The maximum absolute atomic E-state index is 6.82. The van der Waals surface area contributed by atoms with Crippen molar-refractivity contribution in [2.75, 3.05) is 57.3 Å². The number of hydrogen-bond acceptors (Lipinski definition) is 12. The van der Waals surface area contributed by atoms with Crippen LogP contribution in [0.25, 0.3) is 43.4 Å². The van der Waals surface area contributed by atoms with Crippen molar-refractivity contribution in [1.29, 1.82) is 0 Å². The third kappa shape index (κ3) is 2.00. The molecule has 178 valence electrons. The summed E-state index contributed by atoms with van der Waals surface area (Å²) in [5.41, 5.74) is 79.7. The summed E-state index contributed by atoms with van der Waals surface area (Å²) in [5, 5.41) is 3.47. The van der Waals surface area contributed by atoms with Crippen LogP contribution in [-0.2, 0) is 5.66 Å². The van der Waals surface area contributed by atoms with Gasteiger partial charge in [-0.25, -0.2) is 0 Å². The Balaban J connectivity index is 2.07. The minimum absolute atomic E-state index is 0.0938. The van der Waals surface area contributed by atoms with E-state index in [0.29, 0.717) is 54.6 Å². The van der Waals surface area contributed by atoms with Gasteiger partial charge in [-0.3, -0.25) is 0 Å². The predicted octanol–water partition coefficient (Wildman–Crippen LogP) is 0.505. The molecule has 0 bridgehead atoms. The lowest BCUT2D eigenvalue weighted by Crippen LogP contribution is -2.46. The van der Waals surface area contributed by atoms with Crippen LogP contribution in [0.2, 0.25) is 0 Å². The Morgan fingerprint density at radius 3 is 1.40 bits per heavy atom. The molecule has 0 saturated heterocycles. The minimum Gasteiger partial charge on any atom is -0.397 e. The number of anilines is 10. The number of nitrogens with two attached hydrogens (primary N) is 12. The molecule has 5 aromatic carbocycles. The van der Waals surface area contributed by atoms with E-state index < -0.39 is 5.66 Å². The molecule has 0 atom stereocenters. The zero-order valence-corrected chi connectivity index (χ0v) is 18.6. The monoisotopic (exact) mass is 470 g/mol. The van der Waals surface area contributed by atoms with Crippen LogP contribution in [0.15, 0.2) is 12.1 Å². The van der Waals surface area contributed by atoms with Crippen molar-refractivity contribution in [3.63, 3.8) is 0 Å². The molecule has 0 spiro atoms. The standard InChI is InChI=1S/C23H26N12/c24-5-1-3-7-8-4(2-6(25)16(27)12(8)19(30)18(29)11(7)15(5)26)13-9(3)10-14(23(13,34)35)20(31)22(33)21(32)17(10)28/h1-2H,24-35H2. The number of benzene rings is 5. The lowest BCUT2D eigenvalue weighted by atomic mass is 9.83. The third-order valence-corrected chi connectivity index (χ3v) is 7.40. The molecule has 5 aromatic rings. The molecule has 12 nitrogen and oxygen atoms in total. The molecular formula is C23H26N12. The van der Waals surface area contributed by atoms with Crippen LogP contribution in [0.4, 0.5) is 56.9 Å². The van der Waals surface area contributed by atoms with Gasteiger partial charge in [-0.15, -0.1) is 0 Å². The number of nitrogen functional groups attached to an aromatic ring is 10. The second-order valence-corrected chi connectivity index (χ2v) is 9.21. The molecule has 0 unspecified atom stereocenters. The number of fused-ring (bicyclic) bond motifs is 5. The first-order chi connectivity index (χ1) is 16.3. The van der Waals surface area contributed by atoms with Crippen LogP contribution in [0, 0.1) is 0 Å². The van der Waals surface area contributed by atoms with Crippen LogP contribution in [0.3, 0.4) is 0 Å². The van der Waals surface area contributed by atoms with Gasteiger partial charge in [0.05, 0.1) is 56.9 Å². The predicted molar refractivity (Wildman–Crippen MR) is 149 cm³/mol. The average Bonchev–Trinajstić information content (AvgIpc) is 3.05. The number of rotatable bonds is 0. The van der Waals surface area contributed by atoms with Gasteiger partial charge in [0, 0.05) is 38.2 Å². The molecule has 0 fully saturated rings. The third-order valence-electron chi connectivity index (χ3n) is 7.40. The highest BCUT2D eigenvalue weighted by atomic mass is 15.0. The Bertz CT molecular complexity index is 1820. The van der Waals surface area contributed by atoms with Crippen LogP contribution >= 0.6 is 0 Å². The maximum atomic E-state index is 6.82. The van der Waals surface area contributed by atoms with Crippen molar-refractivity contribution < 1.29 is 0 Å². The zero-order valence-electron chi connectivity index (χ0n) is 18.6. The van der Waals surface area contributed by atoms with E-state index in [2.05, 4.69) is 0 Å². The van der Waals surface area contributed by atoms with Crippen LogP contribution in [0.5, 0.6) is 0 Å². The highest BCUT2D eigenvalue weighted by Gasteiger charge is 2.45. The summed E-state index contributed by atoms with van der Waals surface area (Å²) in [6.07, 6.45) is 0. The molecule has 0 aromatic heterocycles. The molecule has 6 rings (SSSR count). The maximum Gasteiger partial charge on any atom is 0.120 e. The topological polar surface area (TPSA) is 312 Å². The average molecular weight is 471 g/mol. The SMILES string of the molecule is Nc1cc2c3c(c4cc(N)c(N)c5c(N)c(N)c(c1N)c2c45)C(N)(N)c1c(N)c(N)c(N)c(N)c1-3. The van der Waals surface area contributed by atoms with Crippen molar-refractivity contribution in [2.24, 2.45) is 11.5 Å². The highest BCUT2D eigenvalue weighted by Crippen LogP contribution is 2.60. The molecular weight excluding hydrogens is 444 g/mol. The van der Waals surface area contributed by atoms with Crippen molar-refractivity contribution in [2.45, 2.75) is 5.66 Å². The largest absolute Gasteiger partial charge is 0.397 e. The van der Waals surface area contributed by atoms with E-state index in [9.17, 15) is 0 Å². The second kappa shape index (κ2) is 5.75. The minimum atomic E-state index is -1.63. The first-order valence-electron chi connectivity index (χ1n) is 10.6. The molecule has 0 amide bonds. The first-order valence-corrected chi connectivity index (χ1v) is 10.6. The van der Waals surface area contributed by atoms with Gasteiger partial charge in [-0.05, 0) is 28.5 Å². The molecule has 0 radical (unpaired) electrons. The normalized spacial score (nSPS) is 14.2. The fraction of sp³-hybridized carbons (Fsp3) is 0.0435. The smallest absolute Gasteiger partial charge is 0.120 e. The van der Waals surface area contributed by atoms with Gasteiger partial charge in [0.15, 0.2) is 0 Å². The van der Waals surface area contributed by atoms with E-state index >= 15 is 0 Å². The fourth-order valence-electron chi connectivity index (χ4n) is 5.78. The van der Waals surface area contributed by atoms with Gasteiger partial charge in [-0.2, -0.15) is 0 Å². The van der Waals surface area contributed by atoms with Crippen LogP contribution in [-0.4, -0.2) is 0 Å².